The Hall–Kier alpha value is -3.06. The SMILES string of the molecule is NC1=Nc2ccccc2Sc2ccccc21.O=C(O)/C=C\C(=O)O. The van der Waals surface area contributed by atoms with E-state index in [1.807, 2.05) is 36.4 Å². The van der Waals surface area contributed by atoms with E-state index in [9.17, 15) is 9.59 Å². The van der Waals surface area contributed by atoms with E-state index < -0.39 is 11.9 Å². The zero-order valence-electron chi connectivity index (χ0n) is 12.4. The Kier molecular flexibility index (Phi) is 5.75. The first-order chi connectivity index (χ1) is 11.5. The molecule has 0 unspecified atom stereocenters. The predicted octanol–water partition coefficient (Wildman–Crippen LogP) is 2.90. The van der Waals surface area contributed by atoms with Gasteiger partial charge in [0.05, 0.1) is 5.69 Å². The molecular formula is C17H14N2O4S. The maximum Gasteiger partial charge on any atom is 0.328 e. The molecule has 0 saturated heterocycles. The summed E-state index contributed by atoms with van der Waals surface area (Å²) in [6.45, 7) is 0. The number of hydrogen-bond donors (Lipinski definition) is 3. The molecule has 0 aromatic heterocycles. The van der Waals surface area contributed by atoms with Gasteiger partial charge in [0, 0.05) is 27.5 Å². The molecule has 0 saturated carbocycles. The van der Waals surface area contributed by atoms with Gasteiger partial charge in [-0.25, -0.2) is 14.6 Å². The summed E-state index contributed by atoms with van der Waals surface area (Å²) in [6.07, 6.45) is 1.12. The van der Waals surface area contributed by atoms with Crippen LogP contribution in [0.3, 0.4) is 0 Å². The number of carboxylic acids is 2. The third kappa shape index (κ3) is 4.72. The first-order valence-electron chi connectivity index (χ1n) is 6.81. The number of carboxylic acid groups (broad SMARTS) is 2. The third-order valence-electron chi connectivity index (χ3n) is 2.86. The summed E-state index contributed by atoms with van der Waals surface area (Å²) in [5, 5.41) is 15.6. The Morgan fingerprint density at radius 2 is 1.46 bits per heavy atom. The number of carbonyl (C=O) groups is 2. The summed E-state index contributed by atoms with van der Waals surface area (Å²) in [4.78, 5) is 25.9. The second-order valence-electron chi connectivity index (χ2n) is 4.57. The summed E-state index contributed by atoms with van der Waals surface area (Å²) >= 11 is 1.71. The molecule has 0 amide bonds. The predicted molar refractivity (Wildman–Crippen MR) is 91.8 cm³/mol. The maximum absolute atomic E-state index is 9.55. The zero-order valence-corrected chi connectivity index (χ0v) is 13.2. The zero-order chi connectivity index (χ0) is 17.5. The maximum atomic E-state index is 9.55. The van der Waals surface area contributed by atoms with Gasteiger partial charge in [-0.05, 0) is 18.2 Å². The highest BCUT2D eigenvalue weighted by Crippen LogP contribution is 2.39. The van der Waals surface area contributed by atoms with Gasteiger partial charge in [-0.2, -0.15) is 0 Å². The van der Waals surface area contributed by atoms with Gasteiger partial charge in [0.25, 0.3) is 0 Å². The van der Waals surface area contributed by atoms with Gasteiger partial charge in [0.1, 0.15) is 5.84 Å². The smallest absolute Gasteiger partial charge is 0.328 e. The summed E-state index contributed by atoms with van der Waals surface area (Å²) in [5.41, 5.74) is 7.96. The van der Waals surface area contributed by atoms with Crippen LogP contribution in [0.15, 0.2) is 75.5 Å². The number of benzene rings is 2. The quantitative estimate of drug-likeness (QED) is 0.723. The van der Waals surface area contributed by atoms with Gasteiger partial charge >= 0.3 is 11.9 Å². The highest BCUT2D eigenvalue weighted by atomic mass is 32.2. The van der Waals surface area contributed by atoms with Crippen molar-refractivity contribution in [1.29, 1.82) is 0 Å². The lowest BCUT2D eigenvalue weighted by atomic mass is 10.2. The number of para-hydroxylation sites is 1. The molecule has 6 nitrogen and oxygen atoms in total. The van der Waals surface area contributed by atoms with E-state index in [0.29, 0.717) is 18.0 Å². The minimum Gasteiger partial charge on any atom is -0.478 e. The van der Waals surface area contributed by atoms with Gasteiger partial charge in [-0.3, -0.25) is 0 Å². The molecule has 0 fully saturated rings. The van der Waals surface area contributed by atoms with Gasteiger partial charge in [-0.15, -0.1) is 0 Å². The molecule has 2 aromatic carbocycles. The molecule has 1 aliphatic heterocycles. The lowest BCUT2D eigenvalue weighted by Gasteiger charge is -2.04. The molecule has 0 bridgehead atoms. The van der Waals surface area contributed by atoms with Crippen molar-refractivity contribution in [3.8, 4) is 0 Å². The molecule has 3 rings (SSSR count). The van der Waals surface area contributed by atoms with Crippen molar-refractivity contribution in [2.45, 2.75) is 9.79 Å². The van der Waals surface area contributed by atoms with Gasteiger partial charge in [0.2, 0.25) is 0 Å². The third-order valence-corrected chi connectivity index (χ3v) is 4.00. The average Bonchev–Trinajstić information content (AvgIpc) is 2.69. The van der Waals surface area contributed by atoms with Crippen LogP contribution in [-0.2, 0) is 9.59 Å². The molecule has 4 N–H and O–H groups in total. The number of aliphatic imine (C=N–C) groups is 1. The molecule has 0 radical (unpaired) electrons. The molecule has 7 heteroatoms. The van der Waals surface area contributed by atoms with E-state index in [-0.39, 0.29) is 0 Å². The van der Waals surface area contributed by atoms with Crippen molar-refractivity contribution >= 4 is 35.2 Å². The summed E-state index contributed by atoms with van der Waals surface area (Å²) in [6, 6.07) is 16.1. The molecule has 0 atom stereocenters. The Bertz CT molecular complexity index is 815. The van der Waals surface area contributed by atoms with E-state index in [4.69, 9.17) is 15.9 Å². The van der Waals surface area contributed by atoms with Crippen molar-refractivity contribution < 1.29 is 19.8 Å². The molecule has 24 heavy (non-hydrogen) atoms. The monoisotopic (exact) mass is 342 g/mol. The first kappa shape index (κ1) is 17.3. The fourth-order valence-corrected chi connectivity index (χ4v) is 2.89. The summed E-state index contributed by atoms with van der Waals surface area (Å²) in [5.74, 6) is -1.92. The van der Waals surface area contributed by atoms with E-state index in [1.165, 1.54) is 0 Å². The lowest BCUT2D eigenvalue weighted by molar-refractivity contribution is -0.134. The fraction of sp³-hybridized carbons (Fsp3) is 0. The number of hydrogen-bond acceptors (Lipinski definition) is 5. The molecule has 2 aromatic rings. The van der Waals surface area contributed by atoms with Crippen LogP contribution < -0.4 is 5.73 Å². The number of amidine groups is 1. The minimum atomic E-state index is -1.26. The van der Waals surface area contributed by atoms with E-state index in [1.54, 1.807) is 11.8 Å². The van der Waals surface area contributed by atoms with Gasteiger partial charge < -0.3 is 15.9 Å². The number of nitrogens with two attached hydrogens (primary N) is 1. The van der Waals surface area contributed by atoms with Crippen molar-refractivity contribution in [2.24, 2.45) is 10.7 Å². The molecular weight excluding hydrogens is 328 g/mol. The number of aliphatic carboxylic acids is 2. The second kappa shape index (κ2) is 7.98. The summed E-state index contributed by atoms with van der Waals surface area (Å²) in [7, 11) is 0. The molecule has 0 spiro atoms. The van der Waals surface area contributed by atoms with E-state index >= 15 is 0 Å². The van der Waals surface area contributed by atoms with Crippen molar-refractivity contribution in [2.75, 3.05) is 0 Å². The highest BCUT2D eigenvalue weighted by Gasteiger charge is 2.13. The van der Waals surface area contributed by atoms with Crippen LogP contribution in [-0.4, -0.2) is 28.0 Å². The van der Waals surface area contributed by atoms with Crippen LogP contribution in [0.1, 0.15) is 5.56 Å². The molecule has 1 heterocycles. The first-order valence-corrected chi connectivity index (χ1v) is 7.63. The van der Waals surface area contributed by atoms with Crippen molar-refractivity contribution in [3.63, 3.8) is 0 Å². The van der Waals surface area contributed by atoms with Crippen molar-refractivity contribution in [1.82, 2.24) is 0 Å². The van der Waals surface area contributed by atoms with Gasteiger partial charge in [0.15, 0.2) is 0 Å². The van der Waals surface area contributed by atoms with Gasteiger partial charge in [-0.1, -0.05) is 42.1 Å². The van der Waals surface area contributed by atoms with Crippen LogP contribution in [0.5, 0.6) is 0 Å². The lowest BCUT2D eigenvalue weighted by Crippen LogP contribution is -2.12. The number of rotatable bonds is 2. The normalized spacial score (nSPS) is 12.1. The number of nitrogens with zero attached hydrogens (tertiary/aromatic N) is 1. The standard InChI is InChI=1S/C13H10N2S.C4H4O4/c14-13-9-5-1-3-7-11(9)16-12-8-4-2-6-10(12)15-13;5-3(6)1-2-4(7)8/h1-8H,(H2,14,15);1-2H,(H,5,6)(H,7,8)/b;2-1-. The minimum absolute atomic E-state index is 0.558. The Balaban J connectivity index is 0.000000224. The molecule has 0 aliphatic carbocycles. The summed E-state index contributed by atoms with van der Waals surface area (Å²) < 4.78 is 0. The Morgan fingerprint density at radius 3 is 2.08 bits per heavy atom. The Labute approximate surface area is 142 Å². The van der Waals surface area contributed by atoms with Crippen LogP contribution >= 0.6 is 11.8 Å². The van der Waals surface area contributed by atoms with Crippen LogP contribution in [0, 0.1) is 0 Å². The second-order valence-corrected chi connectivity index (χ2v) is 5.66. The fourth-order valence-electron chi connectivity index (χ4n) is 1.85. The highest BCUT2D eigenvalue weighted by molar-refractivity contribution is 7.99. The van der Waals surface area contributed by atoms with E-state index in [0.717, 1.165) is 21.0 Å². The van der Waals surface area contributed by atoms with Crippen LogP contribution in [0.2, 0.25) is 0 Å². The number of fused-ring (bicyclic) bond motifs is 2. The topological polar surface area (TPSA) is 113 Å². The Morgan fingerprint density at radius 1 is 0.917 bits per heavy atom. The van der Waals surface area contributed by atoms with Crippen LogP contribution in [0.25, 0.3) is 0 Å². The van der Waals surface area contributed by atoms with Crippen molar-refractivity contribution in [3.05, 3.63) is 66.2 Å². The largest absolute Gasteiger partial charge is 0.478 e. The van der Waals surface area contributed by atoms with Crippen LogP contribution in [0.4, 0.5) is 5.69 Å². The molecule has 1 aliphatic rings. The average molecular weight is 342 g/mol. The van der Waals surface area contributed by atoms with E-state index in [2.05, 4.69) is 17.1 Å². The molecule has 122 valence electrons.